The van der Waals surface area contributed by atoms with Crippen molar-refractivity contribution in [3.8, 4) is 5.75 Å². The van der Waals surface area contributed by atoms with Crippen molar-refractivity contribution in [3.63, 3.8) is 0 Å². The van der Waals surface area contributed by atoms with Gasteiger partial charge in [-0.3, -0.25) is 0 Å². The van der Waals surface area contributed by atoms with Crippen LogP contribution in [0.5, 0.6) is 5.75 Å². The molecule has 2 unspecified atom stereocenters. The highest BCUT2D eigenvalue weighted by atomic mass is 16.5. The van der Waals surface area contributed by atoms with Crippen LogP contribution in [0, 0.1) is 5.92 Å². The first-order valence-corrected chi connectivity index (χ1v) is 8.49. The van der Waals surface area contributed by atoms with E-state index in [-0.39, 0.29) is 0 Å². The topological polar surface area (TPSA) is 62.8 Å². The lowest BCUT2D eigenvalue weighted by atomic mass is 10.1. The van der Waals surface area contributed by atoms with Gasteiger partial charge in [0.2, 0.25) is 0 Å². The van der Waals surface area contributed by atoms with Crippen molar-refractivity contribution in [2.24, 2.45) is 5.92 Å². The van der Waals surface area contributed by atoms with Crippen LogP contribution in [0.3, 0.4) is 0 Å². The lowest BCUT2D eigenvalue weighted by molar-refractivity contribution is 0.414. The summed E-state index contributed by atoms with van der Waals surface area (Å²) in [6, 6.07) is 8.40. The fourth-order valence-electron chi connectivity index (χ4n) is 3.42. The molecule has 2 atom stereocenters. The van der Waals surface area contributed by atoms with E-state index >= 15 is 0 Å². The van der Waals surface area contributed by atoms with Crippen LogP contribution in [0.1, 0.15) is 30.4 Å². The Hall–Kier alpha value is -2.56. The van der Waals surface area contributed by atoms with Crippen molar-refractivity contribution in [2.75, 3.05) is 19.0 Å². The summed E-state index contributed by atoms with van der Waals surface area (Å²) >= 11 is 0. The highest BCUT2D eigenvalue weighted by Gasteiger charge is 2.38. The van der Waals surface area contributed by atoms with Gasteiger partial charge in [0.15, 0.2) is 0 Å². The summed E-state index contributed by atoms with van der Waals surface area (Å²) in [5.74, 6) is 3.13. The number of hydrogen-bond acceptors (Lipinski definition) is 4. The average molecular weight is 322 g/mol. The zero-order chi connectivity index (χ0) is 16.5. The summed E-state index contributed by atoms with van der Waals surface area (Å²) in [5.41, 5.74) is 3.53. The Morgan fingerprint density at radius 3 is 3.08 bits per heavy atom. The molecule has 0 radical (unpaired) electrons. The molecule has 0 aliphatic heterocycles. The van der Waals surface area contributed by atoms with Crippen LogP contribution in [0.15, 0.2) is 36.8 Å². The second-order valence-electron chi connectivity index (χ2n) is 6.37. The number of benzene rings is 1. The summed E-state index contributed by atoms with van der Waals surface area (Å²) in [5, 5.41) is 4.66. The molecule has 1 saturated carbocycles. The number of methoxy groups -OCH3 is 1. The Balaban J connectivity index is 1.46. The van der Waals surface area contributed by atoms with Gasteiger partial charge in [-0.1, -0.05) is 19.1 Å². The van der Waals surface area contributed by atoms with Gasteiger partial charge in [-0.05, 0) is 47.9 Å². The summed E-state index contributed by atoms with van der Waals surface area (Å²) in [7, 11) is 1.72. The fourth-order valence-corrected chi connectivity index (χ4v) is 3.42. The molecule has 2 aromatic heterocycles. The number of nitrogens with one attached hydrogen (secondary N) is 2. The maximum atomic E-state index is 5.33. The summed E-state index contributed by atoms with van der Waals surface area (Å²) in [6.07, 6.45) is 5.83. The number of rotatable bonds is 6. The number of H-pyrrole nitrogens is 1. The lowest BCUT2D eigenvalue weighted by Gasteiger charge is -2.08. The van der Waals surface area contributed by atoms with E-state index in [1.807, 2.05) is 12.3 Å². The fraction of sp³-hybridized carbons (Fsp3) is 0.368. The Kier molecular flexibility index (Phi) is 3.84. The van der Waals surface area contributed by atoms with E-state index in [4.69, 9.17) is 4.74 Å². The zero-order valence-corrected chi connectivity index (χ0v) is 14.0. The van der Waals surface area contributed by atoms with Crippen LogP contribution in [0.4, 0.5) is 5.82 Å². The molecule has 1 aliphatic carbocycles. The van der Waals surface area contributed by atoms with E-state index < -0.39 is 0 Å². The molecule has 24 heavy (non-hydrogen) atoms. The predicted molar refractivity (Wildman–Crippen MR) is 95.6 cm³/mol. The molecule has 0 bridgehead atoms. The van der Waals surface area contributed by atoms with E-state index in [0.717, 1.165) is 35.6 Å². The van der Waals surface area contributed by atoms with Crippen LogP contribution >= 0.6 is 0 Å². The van der Waals surface area contributed by atoms with Gasteiger partial charge < -0.3 is 15.0 Å². The standard InChI is InChI=1S/C19H22N4O/c1-3-12-9-20-18-17(12)19(23-11-22-18)21-10-14-8-16(14)13-5-4-6-15(7-13)24-2/h4-7,9,11,14,16H,3,8,10H2,1-2H3,(H2,20,21,22,23). The van der Waals surface area contributed by atoms with Crippen molar-refractivity contribution in [3.05, 3.63) is 47.9 Å². The Morgan fingerprint density at radius 1 is 1.33 bits per heavy atom. The molecule has 1 aliphatic rings. The van der Waals surface area contributed by atoms with Gasteiger partial charge in [0.25, 0.3) is 0 Å². The molecule has 1 fully saturated rings. The maximum absolute atomic E-state index is 5.33. The minimum Gasteiger partial charge on any atom is -0.497 e. The molecule has 0 spiro atoms. The van der Waals surface area contributed by atoms with Crippen LogP contribution < -0.4 is 10.1 Å². The normalized spacial score (nSPS) is 19.4. The number of nitrogens with zero attached hydrogens (tertiary/aromatic N) is 2. The molecule has 2 heterocycles. The van der Waals surface area contributed by atoms with Crippen molar-refractivity contribution < 1.29 is 4.74 Å². The third-order valence-electron chi connectivity index (χ3n) is 4.91. The van der Waals surface area contributed by atoms with Gasteiger partial charge in [0.05, 0.1) is 12.5 Å². The number of aromatic amines is 1. The minimum absolute atomic E-state index is 0.613. The molecule has 0 amide bonds. The molecule has 124 valence electrons. The van der Waals surface area contributed by atoms with Gasteiger partial charge in [0, 0.05) is 12.7 Å². The van der Waals surface area contributed by atoms with Gasteiger partial charge in [-0.15, -0.1) is 0 Å². The first-order valence-electron chi connectivity index (χ1n) is 8.49. The van der Waals surface area contributed by atoms with E-state index in [1.165, 1.54) is 17.5 Å². The number of anilines is 1. The van der Waals surface area contributed by atoms with Gasteiger partial charge >= 0.3 is 0 Å². The van der Waals surface area contributed by atoms with Crippen LogP contribution in [0.2, 0.25) is 0 Å². The second kappa shape index (κ2) is 6.15. The molecule has 2 N–H and O–H groups in total. The zero-order valence-electron chi connectivity index (χ0n) is 14.0. The summed E-state index contributed by atoms with van der Waals surface area (Å²) in [4.78, 5) is 12.0. The van der Waals surface area contributed by atoms with Crippen LogP contribution in [0.25, 0.3) is 11.0 Å². The highest BCUT2D eigenvalue weighted by Crippen LogP contribution is 2.48. The highest BCUT2D eigenvalue weighted by molar-refractivity contribution is 5.90. The van der Waals surface area contributed by atoms with Crippen LogP contribution in [-0.4, -0.2) is 28.6 Å². The smallest absolute Gasteiger partial charge is 0.143 e. The van der Waals surface area contributed by atoms with Gasteiger partial charge in [-0.25, -0.2) is 9.97 Å². The number of fused-ring (bicyclic) bond motifs is 1. The first-order chi connectivity index (χ1) is 11.8. The third-order valence-corrected chi connectivity index (χ3v) is 4.91. The monoisotopic (exact) mass is 322 g/mol. The largest absolute Gasteiger partial charge is 0.497 e. The van der Waals surface area contributed by atoms with Crippen molar-refractivity contribution in [1.82, 2.24) is 15.0 Å². The molecule has 0 saturated heterocycles. The quantitative estimate of drug-likeness (QED) is 0.725. The van der Waals surface area contributed by atoms with E-state index in [0.29, 0.717) is 11.8 Å². The number of ether oxygens (including phenoxy) is 1. The Bertz CT molecular complexity index is 857. The molecule has 1 aromatic carbocycles. The van der Waals surface area contributed by atoms with E-state index in [2.05, 4.69) is 45.4 Å². The Labute approximate surface area is 141 Å². The van der Waals surface area contributed by atoms with E-state index in [9.17, 15) is 0 Å². The van der Waals surface area contributed by atoms with Gasteiger partial charge in [-0.2, -0.15) is 0 Å². The van der Waals surface area contributed by atoms with Crippen molar-refractivity contribution >= 4 is 16.9 Å². The number of hydrogen-bond donors (Lipinski definition) is 2. The average Bonchev–Trinajstić information content (AvgIpc) is 3.29. The number of aromatic nitrogens is 3. The predicted octanol–water partition coefficient (Wildman–Crippen LogP) is 3.74. The van der Waals surface area contributed by atoms with Gasteiger partial charge in [0.1, 0.15) is 23.5 Å². The molecule has 5 nitrogen and oxygen atoms in total. The van der Waals surface area contributed by atoms with E-state index in [1.54, 1.807) is 13.4 Å². The Morgan fingerprint density at radius 2 is 2.25 bits per heavy atom. The first kappa shape index (κ1) is 15.0. The number of aryl methyl sites for hydroxylation is 1. The summed E-state index contributed by atoms with van der Waals surface area (Å²) < 4.78 is 5.33. The molecule has 4 rings (SSSR count). The maximum Gasteiger partial charge on any atom is 0.143 e. The molecule has 3 aromatic rings. The molecular formula is C19H22N4O. The summed E-state index contributed by atoms with van der Waals surface area (Å²) in [6.45, 7) is 3.08. The molecule has 5 heteroatoms. The molecular weight excluding hydrogens is 300 g/mol. The minimum atomic E-state index is 0.613. The van der Waals surface area contributed by atoms with Crippen LogP contribution in [-0.2, 0) is 6.42 Å². The lowest BCUT2D eigenvalue weighted by Crippen LogP contribution is -2.07. The van der Waals surface area contributed by atoms with Crippen molar-refractivity contribution in [1.29, 1.82) is 0 Å². The SMILES string of the molecule is CCc1c[nH]c2ncnc(NCC3CC3c3cccc(OC)c3)c12. The second-order valence-corrected chi connectivity index (χ2v) is 6.37. The van der Waals surface area contributed by atoms with Crippen molar-refractivity contribution in [2.45, 2.75) is 25.7 Å². The third kappa shape index (κ3) is 2.70.